The molecule has 0 saturated carbocycles. The summed E-state index contributed by atoms with van der Waals surface area (Å²) in [7, 11) is 0. The van der Waals surface area contributed by atoms with E-state index < -0.39 is 0 Å². The van der Waals surface area contributed by atoms with Crippen LogP contribution in [-0.2, 0) is 11.2 Å². The van der Waals surface area contributed by atoms with Crippen molar-refractivity contribution in [2.45, 2.75) is 38.8 Å². The second kappa shape index (κ2) is 6.30. The number of ether oxygens (including phenoxy) is 1. The molecule has 1 aliphatic rings. The molecule has 0 spiro atoms. The van der Waals surface area contributed by atoms with Crippen molar-refractivity contribution in [3.63, 3.8) is 0 Å². The Morgan fingerprint density at radius 3 is 2.94 bits per heavy atom. The monoisotopic (exact) mass is 251 g/mol. The maximum Gasteiger partial charge on any atom is 0.123 e. The zero-order chi connectivity index (χ0) is 13.0. The molecule has 1 N–H and O–H groups in total. The van der Waals surface area contributed by atoms with Gasteiger partial charge >= 0.3 is 0 Å². The summed E-state index contributed by atoms with van der Waals surface area (Å²) in [6.45, 7) is 6.08. The van der Waals surface area contributed by atoms with E-state index in [0.717, 1.165) is 31.6 Å². The van der Waals surface area contributed by atoms with Crippen molar-refractivity contribution in [1.82, 2.24) is 5.32 Å². The van der Waals surface area contributed by atoms with E-state index in [9.17, 15) is 4.39 Å². The van der Waals surface area contributed by atoms with E-state index in [0.29, 0.717) is 5.92 Å². The van der Waals surface area contributed by atoms with Gasteiger partial charge in [-0.3, -0.25) is 0 Å². The largest absolute Gasteiger partial charge is 0.376 e. The van der Waals surface area contributed by atoms with Crippen LogP contribution < -0.4 is 5.32 Å². The molecule has 3 unspecified atom stereocenters. The van der Waals surface area contributed by atoms with Crippen LogP contribution in [0.5, 0.6) is 0 Å². The molecule has 3 atom stereocenters. The van der Waals surface area contributed by atoms with Crippen molar-refractivity contribution in [3.8, 4) is 0 Å². The molecule has 0 radical (unpaired) electrons. The molecular weight excluding hydrogens is 229 g/mol. The summed E-state index contributed by atoms with van der Waals surface area (Å²) in [6, 6.07) is 7.12. The average Bonchev–Trinajstić information content (AvgIpc) is 2.75. The Balaban J connectivity index is 2.06. The van der Waals surface area contributed by atoms with E-state index in [-0.39, 0.29) is 18.0 Å². The Kier molecular flexibility index (Phi) is 4.72. The molecule has 18 heavy (non-hydrogen) atoms. The van der Waals surface area contributed by atoms with Crippen LogP contribution in [0.15, 0.2) is 24.3 Å². The lowest BCUT2D eigenvalue weighted by Gasteiger charge is -2.27. The molecule has 0 amide bonds. The number of nitrogens with one attached hydrogen (secondary N) is 1. The molecule has 1 fully saturated rings. The van der Waals surface area contributed by atoms with Crippen molar-refractivity contribution in [1.29, 1.82) is 0 Å². The standard InChI is InChI=1S/C15H22FNO/c1-3-17-14(15-11(2)7-8-18-15)10-12-5-4-6-13(16)9-12/h4-6,9,11,14-15,17H,3,7-8,10H2,1-2H3. The topological polar surface area (TPSA) is 21.3 Å². The first-order chi connectivity index (χ1) is 8.70. The molecule has 1 aliphatic heterocycles. The van der Waals surface area contributed by atoms with Crippen LogP contribution >= 0.6 is 0 Å². The van der Waals surface area contributed by atoms with Crippen molar-refractivity contribution in [3.05, 3.63) is 35.6 Å². The van der Waals surface area contributed by atoms with Gasteiger partial charge in [-0.15, -0.1) is 0 Å². The van der Waals surface area contributed by atoms with Crippen LogP contribution in [0.1, 0.15) is 25.8 Å². The Morgan fingerprint density at radius 2 is 2.33 bits per heavy atom. The van der Waals surface area contributed by atoms with Crippen LogP contribution in [0.4, 0.5) is 4.39 Å². The van der Waals surface area contributed by atoms with Gasteiger partial charge in [0.2, 0.25) is 0 Å². The van der Waals surface area contributed by atoms with E-state index >= 15 is 0 Å². The molecule has 0 bridgehead atoms. The van der Waals surface area contributed by atoms with E-state index in [2.05, 4.69) is 19.2 Å². The van der Waals surface area contributed by atoms with Crippen LogP contribution in [0.3, 0.4) is 0 Å². The molecule has 100 valence electrons. The van der Waals surface area contributed by atoms with E-state index in [4.69, 9.17) is 4.74 Å². The summed E-state index contributed by atoms with van der Waals surface area (Å²) < 4.78 is 19.0. The van der Waals surface area contributed by atoms with Crippen LogP contribution in [0.2, 0.25) is 0 Å². The van der Waals surface area contributed by atoms with E-state index in [1.807, 2.05) is 6.07 Å². The average molecular weight is 251 g/mol. The summed E-state index contributed by atoms with van der Waals surface area (Å²) in [5.41, 5.74) is 1.03. The lowest BCUT2D eigenvalue weighted by molar-refractivity contribution is 0.0615. The van der Waals surface area contributed by atoms with Gasteiger partial charge in [0, 0.05) is 12.6 Å². The minimum atomic E-state index is -0.164. The van der Waals surface area contributed by atoms with Gasteiger partial charge in [0.05, 0.1) is 6.10 Å². The van der Waals surface area contributed by atoms with Crippen molar-refractivity contribution < 1.29 is 9.13 Å². The van der Waals surface area contributed by atoms with Gasteiger partial charge in [-0.25, -0.2) is 4.39 Å². The molecule has 0 aromatic heterocycles. The third-order valence-corrected chi connectivity index (χ3v) is 3.65. The Hall–Kier alpha value is -0.930. The summed E-state index contributed by atoms with van der Waals surface area (Å²) in [4.78, 5) is 0. The maximum atomic E-state index is 13.2. The number of benzene rings is 1. The molecule has 0 aliphatic carbocycles. The van der Waals surface area contributed by atoms with Crippen LogP contribution in [0.25, 0.3) is 0 Å². The van der Waals surface area contributed by atoms with Gasteiger partial charge < -0.3 is 10.1 Å². The van der Waals surface area contributed by atoms with Gasteiger partial charge in [0.1, 0.15) is 5.82 Å². The zero-order valence-electron chi connectivity index (χ0n) is 11.2. The lowest BCUT2D eigenvalue weighted by Crippen LogP contribution is -2.43. The van der Waals surface area contributed by atoms with E-state index in [1.165, 1.54) is 6.07 Å². The summed E-state index contributed by atoms with van der Waals surface area (Å²) >= 11 is 0. The fraction of sp³-hybridized carbons (Fsp3) is 0.600. The molecule has 2 rings (SSSR count). The number of halogens is 1. The molecule has 1 aromatic rings. The Morgan fingerprint density at radius 1 is 1.50 bits per heavy atom. The van der Waals surface area contributed by atoms with Crippen LogP contribution in [-0.4, -0.2) is 25.3 Å². The van der Waals surface area contributed by atoms with Crippen molar-refractivity contribution in [2.75, 3.05) is 13.2 Å². The predicted octanol–water partition coefficient (Wildman–Crippen LogP) is 2.77. The molecular formula is C15H22FNO. The highest BCUT2D eigenvalue weighted by atomic mass is 19.1. The Labute approximate surface area is 109 Å². The second-order valence-electron chi connectivity index (χ2n) is 5.10. The highest BCUT2D eigenvalue weighted by molar-refractivity contribution is 5.18. The summed E-state index contributed by atoms with van der Waals surface area (Å²) in [5, 5.41) is 3.48. The number of rotatable bonds is 5. The normalized spacial score (nSPS) is 25.3. The van der Waals surface area contributed by atoms with Crippen molar-refractivity contribution in [2.24, 2.45) is 5.92 Å². The fourth-order valence-electron chi connectivity index (χ4n) is 2.72. The molecule has 1 saturated heterocycles. The van der Waals surface area contributed by atoms with Gasteiger partial charge in [-0.05, 0) is 43.0 Å². The quantitative estimate of drug-likeness (QED) is 0.869. The molecule has 2 nitrogen and oxygen atoms in total. The number of hydrogen-bond acceptors (Lipinski definition) is 2. The Bertz CT molecular complexity index is 383. The van der Waals surface area contributed by atoms with E-state index in [1.54, 1.807) is 12.1 Å². The number of likely N-dealkylation sites (N-methyl/N-ethyl adjacent to an activating group) is 1. The first-order valence-electron chi connectivity index (χ1n) is 6.80. The molecule has 1 heterocycles. The predicted molar refractivity (Wildman–Crippen MR) is 71.1 cm³/mol. The first-order valence-corrected chi connectivity index (χ1v) is 6.80. The lowest BCUT2D eigenvalue weighted by atomic mass is 9.93. The highest BCUT2D eigenvalue weighted by Crippen LogP contribution is 2.24. The molecule has 1 aromatic carbocycles. The first kappa shape index (κ1) is 13.5. The summed E-state index contributed by atoms with van der Waals surface area (Å²) in [5.74, 6) is 0.408. The molecule has 3 heteroatoms. The minimum absolute atomic E-state index is 0.164. The second-order valence-corrected chi connectivity index (χ2v) is 5.10. The highest BCUT2D eigenvalue weighted by Gasteiger charge is 2.31. The zero-order valence-corrected chi connectivity index (χ0v) is 11.2. The maximum absolute atomic E-state index is 13.2. The fourth-order valence-corrected chi connectivity index (χ4v) is 2.72. The van der Waals surface area contributed by atoms with Gasteiger partial charge in [0.15, 0.2) is 0 Å². The van der Waals surface area contributed by atoms with Gasteiger partial charge in [-0.1, -0.05) is 26.0 Å². The third kappa shape index (κ3) is 3.30. The van der Waals surface area contributed by atoms with Crippen LogP contribution in [0, 0.1) is 11.7 Å². The third-order valence-electron chi connectivity index (χ3n) is 3.65. The van der Waals surface area contributed by atoms with Gasteiger partial charge in [-0.2, -0.15) is 0 Å². The smallest absolute Gasteiger partial charge is 0.123 e. The summed E-state index contributed by atoms with van der Waals surface area (Å²) in [6.07, 6.45) is 2.18. The number of hydrogen-bond donors (Lipinski definition) is 1. The van der Waals surface area contributed by atoms with Crippen molar-refractivity contribution >= 4 is 0 Å². The minimum Gasteiger partial charge on any atom is -0.376 e. The van der Waals surface area contributed by atoms with Gasteiger partial charge in [0.25, 0.3) is 0 Å². The SMILES string of the molecule is CCNC(Cc1cccc(F)c1)C1OCCC1C.